The van der Waals surface area contributed by atoms with Crippen molar-refractivity contribution in [3.8, 4) is 0 Å². The summed E-state index contributed by atoms with van der Waals surface area (Å²) in [5.74, 6) is 0. The fourth-order valence-electron chi connectivity index (χ4n) is 1.95. The summed E-state index contributed by atoms with van der Waals surface area (Å²) in [6.45, 7) is 0. The van der Waals surface area contributed by atoms with Crippen LogP contribution in [-0.4, -0.2) is 4.57 Å². The molecule has 2 aromatic heterocycles. The van der Waals surface area contributed by atoms with Crippen LogP contribution in [0.4, 0.5) is 0 Å². The Balaban J connectivity index is 2.73. The molecule has 3 aromatic rings. The predicted molar refractivity (Wildman–Crippen MR) is 59.0 cm³/mol. The summed E-state index contributed by atoms with van der Waals surface area (Å²) in [6.07, 6.45) is 3.42. The van der Waals surface area contributed by atoms with Crippen LogP contribution in [0.15, 0.2) is 45.9 Å². The highest BCUT2D eigenvalue weighted by atomic mass is 16.3. The number of pyridine rings is 1. The molecule has 0 fully saturated rings. The van der Waals surface area contributed by atoms with Gasteiger partial charge in [-0.25, -0.2) is 0 Å². The molecule has 3 rings (SSSR count). The van der Waals surface area contributed by atoms with E-state index in [4.69, 9.17) is 4.42 Å². The topological polar surface area (TPSA) is 35.1 Å². The molecular formula is C12H9NO2. The van der Waals surface area contributed by atoms with Crippen molar-refractivity contribution in [2.75, 3.05) is 0 Å². The summed E-state index contributed by atoms with van der Waals surface area (Å²) in [5, 5.41) is 1.71. The first-order valence-electron chi connectivity index (χ1n) is 4.73. The number of hydrogen-bond acceptors (Lipinski definition) is 2. The third kappa shape index (κ3) is 1.03. The van der Waals surface area contributed by atoms with Gasteiger partial charge in [-0.05, 0) is 18.2 Å². The predicted octanol–water partition coefficient (Wildman–Crippen LogP) is 2.28. The molecule has 1 aromatic carbocycles. The van der Waals surface area contributed by atoms with Gasteiger partial charge in [-0.15, -0.1) is 0 Å². The first kappa shape index (κ1) is 8.29. The second kappa shape index (κ2) is 2.73. The normalized spacial score (nSPS) is 11.3. The van der Waals surface area contributed by atoms with E-state index in [9.17, 15) is 4.79 Å². The van der Waals surface area contributed by atoms with Gasteiger partial charge in [-0.3, -0.25) is 4.79 Å². The van der Waals surface area contributed by atoms with E-state index in [1.807, 2.05) is 29.8 Å². The molecule has 0 aliphatic rings. The molecule has 0 spiro atoms. The van der Waals surface area contributed by atoms with E-state index in [2.05, 4.69) is 0 Å². The van der Waals surface area contributed by atoms with Crippen LogP contribution in [0, 0.1) is 0 Å². The molecule has 3 nitrogen and oxygen atoms in total. The molecule has 0 N–H and O–H groups in total. The highest BCUT2D eigenvalue weighted by Crippen LogP contribution is 2.23. The first-order valence-corrected chi connectivity index (χ1v) is 4.73. The van der Waals surface area contributed by atoms with Crippen LogP contribution < -0.4 is 5.43 Å². The minimum atomic E-state index is 0.0474. The van der Waals surface area contributed by atoms with Gasteiger partial charge in [0.1, 0.15) is 5.58 Å². The quantitative estimate of drug-likeness (QED) is 0.556. The van der Waals surface area contributed by atoms with Gasteiger partial charge >= 0.3 is 0 Å². The lowest BCUT2D eigenvalue weighted by molar-refractivity contribution is 0.616. The van der Waals surface area contributed by atoms with Crippen molar-refractivity contribution in [2.45, 2.75) is 0 Å². The molecule has 0 aliphatic carbocycles. The molecule has 3 heteroatoms. The zero-order valence-corrected chi connectivity index (χ0v) is 8.23. The van der Waals surface area contributed by atoms with E-state index in [1.165, 1.54) is 0 Å². The minimum absolute atomic E-state index is 0.0474. The Bertz CT molecular complexity index is 706. The van der Waals surface area contributed by atoms with E-state index in [1.54, 1.807) is 18.5 Å². The van der Waals surface area contributed by atoms with Crippen molar-refractivity contribution >= 4 is 21.9 Å². The van der Waals surface area contributed by atoms with Crippen molar-refractivity contribution in [3.63, 3.8) is 0 Å². The largest absolute Gasteiger partial charge is 0.464 e. The third-order valence-corrected chi connectivity index (χ3v) is 2.67. The molecule has 15 heavy (non-hydrogen) atoms. The SMILES string of the molecule is Cn1ccc(=O)c2ccc3occc3c21. The van der Waals surface area contributed by atoms with E-state index in [-0.39, 0.29) is 5.43 Å². The van der Waals surface area contributed by atoms with Gasteiger partial charge in [0.05, 0.1) is 11.8 Å². The number of hydrogen-bond donors (Lipinski definition) is 0. The molecule has 0 saturated carbocycles. The molecule has 0 bridgehead atoms. The Morgan fingerprint density at radius 1 is 1.13 bits per heavy atom. The van der Waals surface area contributed by atoms with Crippen LogP contribution in [0.3, 0.4) is 0 Å². The average molecular weight is 199 g/mol. The molecule has 0 radical (unpaired) electrons. The summed E-state index contributed by atoms with van der Waals surface area (Å²) in [5.41, 5.74) is 1.78. The molecule has 0 saturated heterocycles. The molecule has 0 unspecified atom stereocenters. The Morgan fingerprint density at radius 3 is 2.87 bits per heavy atom. The molecule has 0 atom stereocenters. The molecule has 0 aliphatic heterocycles. The Kier molecular flexibility index (Phi) is 1.51. The maximum absolute atomic E-state index is 11.7. The van der Waals surface area contributed by atoms with Gasteiger partial charge in [-0.2, -0.15) is 0 Å². The highest BCUT2D eigenvalue weighted by Gasteiger charge is 2.06. The summed E-state index contributed by atoms with van der Waals surface area (Å²) >= 11 is 0. The van der Waals surface area contributed by atoms with Crippen molar-refractivity contribution in [1.29, 1.82) is 0 Å². The van der Waals surface area contributed by atoms with E-state index in [0.29, 0.717) is 0 Å². The lowest BCUT2D eigenvalue weighted by Gasteiger charge is -2.04. The molecule has 0 amide bonds. The first-order chi connectivity index (χ1) is 7.27. The summed E-state index contributed by atoms with van der Waals surface area (Å²) < 4.78 is 7.24. The lowest BCUT2D eigenvalue weighted by Crippen LogP contribution is -2.04. The average Bonchev–Trinajstić information content (AvgIpc) is 2.70. The number of aromatic nitrogens is 1. The van der Waals surface area contributed by atoms with Crippen LogP contribution in [-0.2, 0) is 7.05 Å². The van der Waals surface area contributed by atoms with Crippen molar-refractivity contribution in [3.05, 3.63) is 46.9 Å². The van der Waals surface area contributed by atoms with Gasteiger partial charge in [0.2, 0.25) is 0 Å². The number of rotatable bonds is 0. The number of furan rings is 1. The van der Waals surface area contributed by atoms with Crippen LogP contribution >= 0.6 is 0 Å². The Hall–Kier alpha value is -2.03. The van der Waals surface area contributed by atoms with Gasteiger partial charge < -0.3 is 8.98 Å². The molecule has 2 heterocycles. The van der Waals surface area contributed by atoms with Crippen molar-refractivity contribution in [2.24, 2.45) is 7.05 Å². The van der Waals surface area contributed by atoms with E-state index >= 15 is 0 Å². The van der Waals surface area contributed by atoms with Gasteiger partial charge in [0.15, 0.2) is 5.43 Å². The van der Waals surface area contributed by atoms with E-state index in [0.717, 1.165) is 21.9 Å². The van der Waals surface area contributed by atoms with Gasteiger partial charge in [-0.1, -0.05) is 0 Å². The smallest absolute Gasteiger partial charge is 0.189 e. The number of benzene rings is 1. The van der Waals surface area contributed by atoms with Crippen LogP contribution in [0.1, 0.15) is 0 Å². The summed E-state index contributed by atoms with van der Waals surface area (Å²) in [7, 11) is 1.92. The minimum Gasteiger partial charge on any atom is -0.464 e. The zero-order chi connectivity index (χ0) is 10.4. The summed E-state index contributed by atoms with van der Waals surface area (Å²) in [4.78, 5) is 11.7. The van der Waals surface area contributed by atoms with Crippen LogP contribution in [0.5, 0.6) is 0 Å². The second-order valence-electron chi connectivity index (χ2n) is 3.59. The molecule has 74 valence electrons. The number of fused-ring (bicyclic) bond motifs is 3. The van der Waals surface area contributed by atoms with E-state index < -0.39 is 0 Å². The number of aryl methyl sites for hydroxylation is 1. The van der Waals surface area contributed by atoms with Gasteiger partial charge in [0, 0.05) is 30.1 Å². The summed E-state index contributed by atoms with van der Waals surface area (Å²) in [6, 6.07) is 7.11. The fourth-order valence-corrected chi connectivity index (χ4v) is 1.95. The second-order valence-corrected chi connectivity index (χ2v) is 3.59. The number of nitrogens with zero attached hydrogens (tertiary/aromatic N) is 1. The zero-order valence-electron chi connectivity index (χ0n) is 8.23. The van der Waals surface area contributed by atoms with Gasteiger partial charge in [0.25, 0.3) is 0 Å². The monoisotopic (exact) mass is 199 g/mol. The lowest BCUT2D eigenvalue weighted by atomic mass is 10.1. The Morgan fingerprint density at radius 2 is 2.00 bits per heavy atom. The maximum Gasteiger partial charge on any atom is 0.189 e. The third-order valence-electron chi connectivity index (χ3n) is 2.67. The molecular weight excluding hydrogens is 190 g/mol. The Labute approximate surface area is 85.5 Å². The fraction of sp³-hybridized carbons (Fsp3) is 0.0833. The maximum atomic E-state index is 11.7. The highest BCUT2D eigenvalue weighted by molar-refractivity contribution is 6.03. The van der Waals surface area contributed by atoms with Crippen LogP contribution in [0.2, 0.25) is 0 Å². The van der Waals surface area contributed by atoms with Crippen molar-refractivity contribution in [1.82, 2.24) is 4.57 Å². The van der Waals surface area contributed by atoms with Crippen molar-refractivity contribution < 1.29 is 4.42 Å². The van der Waals surface area contributed by atoms with Crippen LogP contribution in [0.25, 0.3) is 21.9 Å². The standard InChI is InChI=1S/C12H9NO2/c1-13-6-4-10(14)8-2-3-11-9(12(8)13)5-7-15-11/h2-7H,1H3.